The van der Waals surface area contributed by atoms with E-state index in [0.717, 1.165) is 41.5 Å². The SMILES string of the molecule is COc1c(Br)cc(C(CC(=O)O)C2CC2)cc1OC1CCCC1. The minimum Gasteiger partial charge on any atom is -0.492 e. The van der Waals surface area contributed by atoms with Crippen LogP contribution in [0.25, 0.3) is 0 Å². The zero-order valence-electron chi connectivity index (χ0n) is 13.4. The third kappa shape index (κ3) is 4.00. The molecule has 0 amide bonds. The van der Waals surface area contributed by atoms with Gasteiger partial charge in [-0.25, -0.2) is 0 Å². The van der Waals surface area contributed by atoms with Crippen molar-refractivity contribution < 1.29 is 19.4 Å². The molecule has 0 bridgehead atoms. The molecule has 1 aromatic rings. The van der Waals surface area contributed by atoms with E-state index in [4.69, 9.17) is 9.47 Å². The van der Waals surface area contributed by atoms with Crippen LogP contribution in [0.15, 0.2) is 16.6 Å². The second-order valence-corrected chi connectivity index (χ2v) is 7.45. The summed E-state index contributed by atoms with van der Waals surface area (Å²) >= 11 is 3.56. The molecule has 1 N–H and O–H groups in total. The summed E-state index contributed by atoms with van der Waals surface area (Å²) < 4.78 is 12.5. The molecule has 2 aliphatic carbocycles. The first-order valence-corrected chi connectivity index (χ1v) is 9.13. The van der Waals surface area contributed by atoms with Crippen molar-refractivity contribution in [3.63, 3.8) is 0 Å². The lowest BCUT2D eigenvalue weighted by molar-refractivity contribution is -0.137. The molecule has 1 unspecified atom stereocenters. The Morgan fingerprint density at radius 2 is 2.00 bits per heavy atom. The van der Waals surface area contributed by atoms with Crippen LogP contribution in [0.2, 0.25) is 0 Å². The number of benzene rings is 1. The van der Waals surface area contributed by atoms with Crippen LogP contribution >= 0.6 is 15.9 Å². The van der Waals surface area contributed by atoms with Crippen molar-refractivity contribution in [2.24, 2.45) is 5.92 Å². The van der Waals surface area contributed by atoms with E-state index in [0.29, 0.717) is 11.7 Å². The van der Waals surface area contributed by atoms with E-state index in [-0.39, 0.29) is 18.4 Å². The number of carbonyl (C=O) groups is 1. The molecule has 126 valence electrons. The molecule has 0 saturated heterocycles. The molecular formula is C18H23BrO4. The Labute approximate surface area is 145 Å². The number of ether oxygens (including phenoxy) is 2. The van der Waals surface area contributed by atoms with Crippen molar-refractivity contribution in [3.8, 4) is 11.5 Å². The molecular weight excluding hydrogens is 360 g/mol. The molecule has 1 aromatic carbocycles. The first-order chi connectivity index (χ1) is 11.1. The number of methoxy groups -OCH3 is 1. The van der Waals surface area contributed by atoms with Crippen LogP contribution in [0.5, 0.6) is 11.5 Å². The van der Waals surface area contributed by atoms with E-state index in [1.165, 1.54) is 12.8 Å². The van der Waals surface area contributed by atoms with Gasteiger partial charge in [0.05, 0.1) is 24.1 Å². The van der Waals surface area contributed by atoms with Gasteiger partial charge in [0.1, 0.15) is 0 Å². The van der Waals surface area contributed by atoms with Gasteiger partial charge in [0.15, 0.2) is 11.5 Å². The number of carboxylic acid groups (broad SMARTS) is 1. The zero-order valence-corrected chi connectivity index (χ0v) is 15.0. The maximum absolute atomic E-state index is 11.2. The van der Waals surface area contributed by atoms with E-state index in [1.807, 2.05) is 12.1 Å². The molecule has 5 heteroatoms. The fourth-order valence-corrected chi connectivity index (χ4v) is 4.14. The van der Waals surface area contributed by atoms with E-state index in [1.54, 1.807) is 7.11 Å². The van der Waals surface area contributed by atoms with Crippen LogP contribution in [0, 0.1) is 5.92 Å². The monoisotopic (exact) mass is 382 g/mol. The van der Waals surface area contributed by atoms with Crippen LogP contribution < -0.4 is 9.47 Å². The molecule has 2 fully saturated rings. The van der Waals surface area contributed by atoms with Crippen molar-refractivity contribution in [3.05, 3.63) is 22.2 Å². The number of hydrogen-bond acceptors (Lipinski definition) is 3. The van der Waals surface area contributed by atoms with E-state index in [9.17, 15) is 9.90 Å². The van der Waals surface area contributed by atoms with Crippen LogP contribution in [-0.2, 0) is 4.79 Å². The number of hydrogen-bond donors (Lipinski definition) is 1. The Morgan fingerprint density at radius 1 is 1.30 bits per heavy atom. The Hall–Kier alpha value is -1.23. The van der Waals surface area contributed by atoms with Gasteiger partial charge in [0.25, 0.3) is 0 Å². The van der Waals surface area contributed by atoms with Gasteiger partial charge in [-0.15, -0.1) is 0 Å². The van der Waals surface area contributed by atoms with Gasteiger partial charge in [0, 0.05) is 0 Å². The molecule has 1 atom stereocenters. The number of carboxylic acids is 1. The zero-order chi connectivity index (χ0) is 16.4. The lowest BCUT2D eigenvalue weighted by Gasteiger charge is -2.21. The normalized spacial score (nSPS) is 19.6. The summed E-state index contributed by atoms with van der Waals surface area (Å²) in [6.07, 6.45) is 7.20. The Bertz CT molecular complexity index is 577. The van der Waals surface area contributed by atoms with E-state index in [2.05, 4.69) is 15.9 Å². The highest BCUT2D eigenvalue weighted by Crippen LogP contribution is 2.48. The van der Waals surface area contributed by atoms with Crippen LogP contribution in [0.1, 0.15) is 56.4 Å². The fourth-order valence-electron chi connectivity index (χ4n) is 3.52. The standard InChI is InChI=1S/C18H23BrO4/c1-22-18-15(19)8-12(14(10-17(20)21)11-6-7-11)9-16(18)23-13-4-2-3-5-13/h8-9,11,13-14H,2-7,10H2,1H3,(H,20,21). The molecule has 0 aliphatic heterocycles. The summed E-state index contributed by atoms with van der Waals surface area (Å²) in [6.45, 7) is 0. The quantitative estimate of drug-likeness (QED) is 0.739. The minimum absolute atomic E-state index is 0.0561. The lowest BCUT2D eigenvalue weighted by Crippen LogP contribution is -2.13. The number of aliphatic carboxylic acids is 1. The van der Waals surface area contributed by atoms with Gasteiger partial charge in [-0.3, -0.25) is 4.79 Å². The van der Waals surface area contributed by atoms with Gasteiger partial charge in [-0.2, -0.15) is 0 Å². The second kappa shape index (κ2) is 7.12. The summed E-state index contributed by atoms with van der Waals surface area (Å²) in [7, 11) is 1.64. The Kier molecular flexibility index (Phi) is 5.14. The molecule has 2 saturated carbocycles. The summed E-state index contributed by atoms with van der Waals surface area (Å²) in [5.74, 6) is 1.23. The molecule has 0 radical (unpaired) electrons. The molecule has 23 heavy (non-hydrogen) atoms. The van der Waals surface area contributed by atoms with Gasteiger partial charge >= 0.3 is 5.97 Å². The number of halogens is 1. The maximum atomic E-state index is 11.2. The van der Waals surface area contributed by atoms with E-state index >= 15 is 0 Å². The molecule has 2 aliphatic rings. The summed E-state index contributed by atoms with van der Waals surface area (Å²) in [6, 6.07) is 3.99. The summed E-state index contributed by atoms with van der Waals surface area (Å²) in [4.78, 5) is 11.2. The third-order valence-corrected chi connectivity index (χ3v) is 5.43. The Morgan fingerprint density at radius 3 is 2.57 bits per heavy atom. The van der Waals surface area contributed by atoms with Crippen molar-refractivity contribution in [1.82, 2.24) is 0 Å². The maximum Gasteiger partial charge on any atom is 0.303 e. The first-order valence-electron chi connectivity index (χ1n) is 8.34. The van der Waals surface area contributed by atoms with Gasteiger partial charge in [-0.1, -0.05) is 0 Å². The van der Waals surface area contributed by atoms with Crippen molar-refractivity contribution >= 4 is 21.9 Å². The second-order valence-electron chi connectivity index (χ2n) is 6.60. The largest absolute Gasteiger partial charge is 0.492 e. The van der Waals surface area contributed by atoms with E-state index < -0.39 is 5.97 Å². The predicted octanol–water partition coefficient (Wildman–Crippen LogP) is 4.75. The highest BCUT2D eigenvalue weighted by molar-refractivity contribution is 9.10. The highest BCUT2D eigenvalue weighted by atomic mass is 79.9. The van der Waals surface area contributed by atoms with Crippen molar-refractivity contribution in [1.29, 1.82) is 0 Å². The highest BCUT2D eigenvalue weighted by Gasteiger charge is 2.34. The van der Waals surface area contributed by atoms with Crippen LogP contribution in [-0.4, -0.2) is 24.3 Å². The predicted molar refractivity (Wildman–Crippen MR) is 91.3 cm³/mol. The van der Waals surface area contributed by atoms with Crippen LogP contribution in [0.3, 0.4) is 0 Å². The molecule has 4 nitrogen and oxygen atoms in total. The third-order valence-electron chi connectivity index (χ3n) is 4.85. The molecule has 3 rings (SSSR count). The Balaban J connectivity index is 1.90. The molecule has 0 aromatic heterocycles. The smallest absolute Gasteiger partial charge is 0.303 e. The topological polar surface area (TPSA) is 55.8 Å². The van der Waals surface area contributed by atoms with Crippen molar-refractivity contribution in [2.45, 2.75) is 57.0 Å². The van der Waals surface area contributed by atoms with Gasteiger partial charge in [-0.05, 0) is 84.0 Å². The molecule has 0 heterocycles. The average Bonchev–Trinajstić information content (AvgIpc) is 3.22. The fraction of sp³-hybridized carbons (Fsp3) is 0.611. The van der Waals surface area contributed by atoms with Crippen LogP contribution in [0.4, 0.5) is 0 Å². The average molecular weight is 383 g/mol. The summed E-state index contributed by atoms with van der Waals surface area (Å²) in [5.41, 5.74) is 1.04. The molecule has 0 spiro atoms. The van der Waals surface area contributed by atoms with Crippen molar-refractivity contribution in [2.75, 3.05) is 7.11 Å². The van der Waals surface area contributed by atoms with Gasteiger partial charge < -0.3 is 14.6 Å². The lowest BCUT2D eigenvalue weighted by atomic mass is 9.91. The first kappa shape index (κ1) is 16.6. The summed E-state index contributed by atoms with van der Waals surface area (Å²) in [5, 5.41) is 9.22. The number of rotatable bonds is 7. The van der Waals surface area contributed by atoms with Gasteiger partial charge in [0.2, 0.25) is 0 Å². The minimum atomic E-state index is -0.743.